The van der Waals surface area contributed by atoms with Crippen LogP contribution in [0, 0.1) is 11.8 Å². The monoisotopic (exact) mass is 663 g/mol. The zero-order valence-corrected chi connectivity index (χ0v) is 31.5. The van der Waals surface area contributed by atoms with Gasteiger partial charge in [-0.1, -0.05) is 76.9 Å². The van der Waals surface area contributed by atoms with E-state index in [0.717, 1.165) is 56.0 Å². The molecule has 1 spiro atoms. The van der Waals surface area contributed by atoms with Crippen molar-refractivity contribution in [1.29, 1.82) is 0 Å². The van der Waals surface area contributed by atoms with E-state index in [2.05, 4.69) is 101 Å². The molecule has 2 aromatic rings. The minimum atomic E-state index is -1.95. The Morgan fingerprint density at radius 3 is 2.65 bits per heavy atom. The number of halogens is 1. The second-order valence-electron chi connectivity index (χ2n) is 16.2. The Morgan fingerprint density at radius 2 is 1.98 bits per heavy atom. The summed E-state index contributed by atoms with van der Waals surface area (Å²) < 4.78 is 14.0. The Labute approximate surface area is 285 Å². The van der Waals surface area contributed by atoms with Gasteiger partial charge in [-0.25, -0.2) is 0 Å². The van der Waals surface area contributed by atoms with Crippen LogP contribution in [0.15, 0.2) is 48.6 Å². The lowest BCUT2D eigenvalue weighted by atomic mass is 9.68. The van der Waals surface area contributed by atoms with Gasteiger partial charge in [0.25, 0.3) is 0 Å². The van der Waals surface area contributed by atoms with Crippen LogP contribution in [0.3, 0.4) is 0 Å². The number of carbonyl (C=O) groups excluding carboxylic acids is 1. The van der Waals surface area contributed by atoms with Crippen LogP contribution in [0.5, 0.6) is 5.75 Å². The highest BCUT2D eigenvalue weighted by atomic mass is 35.5. The lowest BCUT2D eigenvalue weighted by Gasteiger charge is -2.48. The number of ketones is 1. The van der Waals surface area contributed by atoms with E-state index >= 15 is 0 Å². The lowest BCUT2D eigenvalue weighted by molar-refractivity contribution is -0.117. The Morgan fingerprint density at radius 1 is 1.20 bits per heavy atom. The average molecular weight is 664 g/mol. The Hall–Kier alpha value is -2.08. The zero-order chi connectivity index (χ0) is 33.3. The van der Waals surface area contributed by atoms with Crippen LogP contribution in [0.2, 0.25) is 23.2 Å². The van der Waals surface area contributed by atoms with Crippen molar-refractivity contribution in [3.8, 4) is 5.75 Å². The van der Waals surface area contributed by atoms with Gasteiger partial charge in [-0.2, -0.15) is 0 Å². The maximum Gasteiger partial charge on any atom is 0.192 e. The van der Waals surface area contributed by atoms with E-state index in [0.29, 0.717) is 24.9 Å². The molecule has 0 radical (unpaired) electrons. The summed E-state index contributed by atoms with van der Waals surface area (Å²) in [5.74, 6) is 2.40. The molecular weight excluding hydrogens is 606 g/mol. The Bertz CT molecular complexity index is 1410. The topological polar surface area (TPSA) is 38.8 Å². The summed E-state index contributed by atoms with van der Waals surface area (Å²) in [6, 6.07) is 13.2. The fraction of sp³-hybridized carbons (Fsp3) is 0.625. The third-order valence-electron chi connectivity index (χ3n) is 11.6. The minimum absolute atomic E-state index is 0.0976. The first kappa shape index (κ1) is 35.2. The molecule has 5 atom stereocenters. The number of anilines is 1. The van der Waals surface area contributed by atoms with Crippen LogP contribution < -0.4 is 9.64 Å². The van der Waals surface area contributed by atoms with Crippen molar-refractivity contribution in [2.75, 3.05) is 24.6 Å². The van der Waals surface area contributed by atoms with Crippen LogP contribution in [0.4, 0.5) is 5.69 Å². The van der Waals surface area contributed by atoms with Gasteiger partial charge >= 0.3 is 0 Å². The number of carbonyl (C=O) groups is 1. The molecule has 1 saturated carbocycles. The van der Waals surface area contributed by atoms with Gasteiger partial charge in [-0.15, -0.1) is 0 Å². The first-order valence-corrected chi connectivity index (χ1v) is 21.2. The van der Waals surface area contributed by atoms with Gasteiger partial charge in [-0.05, 0) is 122 Å². The summed E-state index contributed by atoms with van der Waals surface area (Å²) in [5.41, 5.74) is 5.06. The largest absolute Gasteiger partial charge is 0.490 e. The van der Waals surface area contributed by atoms with E-state index in [1.165, 1.54) is 35.2 Å². The molecule has 0 bridgehead atoms. The van der Waals surface area contributed by atoms with Gasteiger partial charge in [0.1, 0.15) is 11.5 Å². The van der Waals surface area contributed by atoms with E-state index in [-0.39, 0.29) is 28.3 Å². The van der Waals surface area contributed by atoms with E-state index in [9.17, 15) is 4.79 Å². The number of allylic oxidation sites excluding steroid dienone is 1. The number of hydrogen-bond donors (Lipinski definition) is 0. The number of Topliss-reactive ketones (excluding diaryl/α,β-unsaturated/α-hetero) is 1. The van der Waals surface area contributed by atoms with E-state index < -0.39 is 8.32 Å². The summed E-state index contributed by atoms with van der Waals surface area (Å²) in [4.78, 5) is 14.7. The molecule has 1 fully saturated rings. The second kappa shape index (κ2) is 14.2. The third-order valence-corrected chi connectivity index (χ3v) is 16.3. The molecule has 252 valence electrons. The number of hydrogen-bond acceptors (Lipinski definition) is 4. The highest BCUT2D eigenvalue weighted by molar-refractivity contribution is 6.74. The molecule has 6 heteroatoms. The number of benzene rings is 2. The second-order valence-corrected chi connectivity index (χ2v) is 21.4. The SMILES string of the molecule is CCC/C=C/C(O[Si](C)(C)C(C)(C)C)[C@@H]1CC[C@H]1CN1C[C@@]2(CCCc3cc(Cl)ccc32)COc2ccc([C@@H](C)CC(C)=O)cc21. The fourth-order valence-electron chi connectivity index (χ4n) is 7.71. The number of fused-ring (bicyclic) bond motifs is 3. The van der Waals surface area contributed by atoms with E-state index in [1.807, 2.05) is 0 Å². The molecule has 0 N–H and O–H groups in total. The van der Waals surface area contributed by atoms with Gasteiger partial charge in [-0.3, -0.25) is 0 Å². The Balaban J connectivity index is 1.50. The quantitative estimate of drug-likeness (QED) is 0.177. The molecule has 0 aromatic heterocycles. The van der Waals surface area contributed by atoms with Gasteiger partial charge in [0, 0.05) is 29.9 Å². The van der Waals surface area contributed by atoms with Crippen molar-refractivity contribution in [1.82, 2.24) is 0 Å². The first-order chi connectivity index (χ1) is 21.7. The molecule has 0 amide bonds. The summed E-state index contributed by atoms with van der Waals surface area (Å²) >= 11 is 6.50. The molecule has 1 heterocycles. The molecule has 1 aliphatic heterocycles. The standard InChI is InChI=1S/C40H58ClNO3Si/c1-9-10-11-14-37(45-46(7,8)39(4,5)6)34-18-15-32(34)25-42-26-40(21-12-13-31-23-33(41)17-19-35(31)40)27-44-38-20-16-30(24-36(38)42)28(2)22-29(3)43/h11,14,16-17,19-20,23-24,28,32,34,37H,9-10,12-13,15,18,21-22,25-27H2,1-8H3/b14-11+/t28-,32-,34+,37?,40-/m0/s1. The van der Waals surface area contributed by atoms with Crippen molar-refractivity contribution < 1.29 is 14.0 Å². The van der Waals surface area contributed by atoms with Crippen LogP contribution in [-0.4, -0.2) is 39.9 Å². The maximum absolute atomic E-state index is 12.1. The van der Waals surface area contributed by atoms with Gasteiger partial charge in [0.05, 0.1) is 18.4 Å². The number of rotatable bonds is 11. The highest BCUT2D eigenvalue weighted by Crippen LogP contribution is 2.48. The molecule has 46 heavy (non-hydrogen) atoms. The molecule has 5 rings (SSSR count). The number of ether oxygens (including phenoxy) is 1. The summed E-state index contributed by atoms with van der Waals surface area (Å²) in [6.07, 6.45) is 13.5. The van der Waals surface area contributed by atoms with Crippen molar-refractivity contribution in [3.63, 3.8) is 0 Å². The van der Waals surface area contributed by atoms with Gasteiger partial charge < -0.3 is 18.9 Å². The van der Waals surface area contributed by atoms with Crippen molar-refractivity contribution in [2.45, 2.75) is 128 Å². The Kier molecular flexibility index (Phi) is 10.9. The molecular formula is C40H58ClNO3Si. The number of unbranched alkanes of at least 4 members (excludes halogenated alkanes) is 1. The van der Waals surface area contributed by atoms with Gasteiger partial charge in [0.15, 0.2) is 8.32 Å². The first-order valence-electron chi connectivity index (χ1n) is 17.9. The number of aryl methyl sites for hydroxylation is 1. The molecule has 2 aromatic carbocycles. The average Bonchev–Trinajstić information content (AvgIpc) is 3.11. The predicted molar refractivity (Wildman–Crippen MR) is 196 cm³/mol. The molecule has 3 aliphatic rings. The van der Waals surface area contributed by atoms with Crippen LogP contribution >= 0.6 is 11.6 Å². The minimum Gasteiger partial charge on any atom is -0.490 e. The van der Waals surface area contributed by atoms with Crippen molar-refractivity contribution in [3.05, 3.63) is 70.3 Å². The van der Waals surface area contributed by atoms with Crippen molar-refractivity contribution >= 4 is 31.4 Å². The fourth-order valence-corrected chi connectivity index (χ4v) is 9.19. The van der Waals surface area contributed by atoms with Crippen LogP contribution in [0.25, 0.3) is 0 Å². The summed E-state index contributed by atoms with van der Waals surface area (Å²) in [5, 5.41) is 0.983. The lowest BCUT2D eigenvalue weighted by Crippen LogP contribution is -2.52. The van der Waals surface area contributed by atoms with E-state index in [1.54, 1.807) is 6.92 Å². The molecule has 2 aliphatic carbocycles. The van der Waals surface area contributed by atoms with E-state index in [4.69, 9.17) is 20.8 Å². The summed E-state index contributed by atoms with van der Waals surface area (Å²) in [6.45, 7) is 20.5. The van der Waals surface area contributed by atoms with Crippen molar-refractivity contribution in [2.24, 2.45) is 11.8 Å². The summed E-state index contributed by atoms with van der Waals surface area (Å²) in [7, 11) is -1.95. The molecule has 1 unspecified atom stereocenters. The molecule has 0 saturated heterocycles. The molecule has 4 nitrogen and oxygen atoms in total. The smallest absolute Gasteiger partial charge is 0.192 e. The van der Waals surface area contributed by atoms with Crippen LogP contribution in [-0.2, 0) is 21.1 Å². The van der Waals surface area contributed by atoms with Crippen LogP contribution in [0.1, 0.15) is 109 Å². The number of nitrogens with zero attached hydrogens (tertiary/aromatic N) is 1. The van der Waals surface area contributed by atoms with Gasteiger partial charge in [0.2, 0.25) is 0 Å². The third kappa shape index (κ3) is 7.63. The highest BCUT2D eigenvalue weighted by Gasteiger charge is 2.46. The predicted octanol–water partition coefficient (Wildman–Crippen LogP) is 10.7. The zero-order valence-electron chi connectivity index (χ0n) is 29.8. The maximum atomic E-state index is 12.1. The normalized spacial score (nSPS) is 24.5.